The van der Waals surface area contributed by atoms with Gasteiger partial charge in [-0.05, 0) is 31.7 Å². The number of carbonyl (C=O) groups excluding carboxylic acids is 1. The van der Waals surface area contributed by atoms with Crippen LogP contribution in [-0.4, -0.2) is 41.4 Å². The molecular formula is C16H24N4O3. The van der Waals surface area contributed by atoms with E-state index in [0.717, 1.165) is 19.4 Å². The number of carbonyl (C=O) groups is 1. The van der Waals surface area contributed by atoms with Gasteiger partial charge in [0.05, 0.1) is 4.92 Å². The van der Waals surface area contributed by atoms with Crippen molar-refractivity contribution in [2.24, 2.45) is 11.7 Å². The molecule has 1 aromatic rings. The maximum atomic E-state index is 12.3. The molecule has 0 bridgehead atoms. The summed E-state index contributed by atoms with van der Waals surface area (Å²) in [6.45, 7) is 3.84. The number of para-hydroxylation sites is 2. The monoisotopic (exact) mass is 320 g/mol. The Bertz CT molecular complexity index is 562. The van der Waals surface area contributed by atoms with E-state index in [4.69, 9.17) is 5.73 Å². The number of nitro groups is 1. The Morgan fingerprint density at radius 1 is 1.52 bits per heavy atom. The van der Waals surface area contributed by atoms with Gasteiger partial charge in [-0.25, -0.2) is 0 Å². The van der Waals surface area contributed by atoms with Crippen molar-refractivity contribution < 1.29 is 9.72 Å². The Hall–Kier alpha value is -2.15. The van der Waals surface area contributed by atoms with Crippen LogP contribution in [0.2, 0.25) is 0 Å². The Morgan fingerprint density at radius 3 is 2.96 bits per heavy atom. The molecular weight excluding hydrogens is 296 g/mol. The number of nitrogens with two attached hydrogens (primary N) is 1. The van der Waals surface area contributed by atoms with E-state index in [1.165, 1.54) is 6.07 Å². The molecule has 1 aliphatic heterocycles. The Balaban J connectivity index is 1.84. The summed E-state index contributed by atoms with van der Waals surface area (Å²) in [5.41, 5.74) is 6.40. The molecule has 0 saturated carbocycles. The molecule has 0 spiro atoms. The first-order chi connectivity index (χ1) is 11.0. The molecule has 7 heteroatoms. The number of anilines is 1. The van der Waals surface area contributed by atoms with Gasteiger partial charge in [0.25, 0.3) is 5.69 Å². The molecule has 23 heavy (non-hydrogen) atoms. The smallest absolute Gasteiger partial charge is 0.292 e. The van der Waals surface area contributed by atoms with E-state index in [0.29, 0.717) is 31.1 Å². The van der Waals surface area contributed by atoms with Crippen molar-refractivity contribution in [3.63, 3.8) is 0 Å². The van der Waals surface area contributed by atoms with Crippen molar-refractivity contribution in [3.8, 4) is 0 Å². The third-order valence-electron chi connectivity index (χ3n) is 4.31. The first kappa shape index (κ1) is 17.2. The SMILES string of the molecule is CC(N)C1CCCN(C(=O)CCNc2ccccc2[N+](=O)[O-])C1. The Morgan fingerprint density at radius 2 is 2.26 bits per heavy atom. The zero-order valence-electron chi connectivity index (χ0n) is 13.4. The molecule has 126 valence electrons. The van der Waals surface area contributed by atoms with Crippen molar-refractivity contribution in [3.05, 3.63) is 34.4 Å². The van der Waals surface area contributed by atoms with Gasteiger partial charge < -0.3 is 16.0 Å². The fraction of sp³-hybridized carbons (Fsp3) is 0.562. The molecule has 1 heterocycles. The molecule has 1 fully saturated rings. The summed E-state index contributed by atoms with van der Waals surface area (Å²) >= 11 is 0. The third kappa shape index (κ3) is 4.66. The van der Waals surface area contributed by atoms with Crippen LogP contribution >= 0.6 is 0 Å². The van der Waals surface area contributed by atoms with Gasteiger partial charge in [-0.3, -0.25) is 14.9 Å². The van der Waals surface area contributed by atoms with Crippen LogP contribution in [0.4, 0.5) is 11.4 Å². The number of hydrogen-bond donors (Lipinski definition) is 2. The number of benzene rings is 1. The van der Waals surface area contributed by atoms with Crippen LogP contribution in [0.15, 0.2) is 24.3 Å². The van der Waals surface area contributed by atoms with E-state index in [1.54, 1.807) is 18.2 Å². The molecule has 2 rings (SSSR count). The highest BCUT2D eigenvalue weighted by atomic mass is 16.6. The highest BCUT2D eigenvalue weighted by Crippen LogP contribution is 2.23. The molecule has 1 saturated heterocycles. The number of amides is 1. The lowest BCUT2D eigenvalue weighted by molar-refractivity contribution is -0.384. The maximum Gasteiger partial charge on any atom is 0.292 e. The highest BCUT2D eigenvalue weighted by Gasteiger charge is 2.25. The predicted molar refractivity (Wildman–Crippen MR) is 89.2 cm³/mol. The molecule has 2 atom stereocenters. The number of nitrogens with zero attached hydrogens (tertiary/aromatic N) is 2. The average molecular weight is 320 g/mol. The fourth-order valence-corrected chi connectivity index (χ4v) is 2.91. The van der Waals surface area contributed by atoms with Crippen molar-refractivity contribution in [2.75, 3.05) is 25.0 Å². The Kier molecular flexibility index (Phi) is 5.92. The van der Waals surface area contributed by atoms with Gasteiger partial charge in [0.2, 0.25) is 5.91 Å². The summed E-state index contributed by atoms with van der Waals surface area (Å²) in [7, 11) is 0. The minimum Gasteiger partial charge on any atom is -0.379 e. The first-order valence-electron chi connectivity index (χ1n) is 7.99. The summed E-state index contributed by atoms with van der Waals surface area (Å²) in [6, 6.07) is 6.54. The third-order valence-corrected chi connectivity index (χ3v) is 4.31. The average Bonchev–Trinajstić information content (AvgIpc) is 2.55. The first-order valence-corrected chi connectivity index (χ1v) is 7.99. The van der Waals surface area contributed by atoms with Crippen LogP contribution < -0.4 is 11.1 Å². The van der Waals surface area contributed by atoms with Crippen molar-refractivity contribution in [1.29, 1.82) is 0 Å². The second kappa shape index (κ2) is 7.92. The van der Waals surface area contributed by atoms with Gasteiger partial charge in [-0.2, -0.15) is 0 Å². The molecule has 0 aromatic heterocycles. The lowest BCUT2D eigenvalue weighted by Gasteiger charge is -2.34. The van der Waals surface area contributed by atoms with Crippen LogP contribution in [0.3, 0.4) is 0 Å². The second-order valence-corrected chi connectivity index (χ2v) is 6.05. The minimum absolute atomic E-state index is 0.0231. The highest BCUT2D eigenvalue weighted by molar-refractivity contribution is 5.77. The van der Waals surface area contributed by atoms with Gasteiger partial charge >= 0.3 is 0 Å². The predicted octanol–water partition coefficient (Wildman–Crippen LogP) is 1.98. The van der Waals surface area contributed by atoms with Gasteiger partial charge in [0.15, 0.2) is 0 Å². The minimum atomic E-state index is -0.429. The number of likely N-dealkylation sites (tertiary alicyclic amines) is 1. The lowest BCUT2D eigenvalue weighted by atomic mass is 9.92. The quantitative estimate of drug-likeness (QED) is 0.616. The van der Waals surface area contributed by atoms with Crippen LogP contribution in [0.1, 0.15) is 26.2 Å². The van der Waals surface area contributed by atoms with Crippen molar-refractivity contribution in [2.45, 2.75) is 32.2 Å². The molecule has 2 unspecified atom stereocenters. The number of piperidine rings is 1. The number of hydrogen-bond acceptors (Lipinski definition) is 5. The van der Waals surface area contributed by atoms with E-state index in [2.05, 4.69) is 5.32 Å². The fourth-order valence-electron chi connectivity index (χ4n) is 2.91. The van der Waals surface area contributed by atoms with Crippen molar-refractivity contribution >= 4 is 17.3 Å². The van der Waals surface area contributed by atoms with Crippen LogP contribution in [0.25, 0.3) is 0 Å². The topological polar surface area (TPSA) is 102 Å². The zero-order valence-corrected chi connectivity index (χ0v) is 13.4. The van der Waals surface area contributed by atoms with E-state index in [1.807, 2.05) is 11.8 Å². The second-order valence-electron chi connectivity index (χ2n) is 6.05. The number of rotatable bonds is 6. The van der Waals surface area contributed by atoms with E-state index in [9.17, 15) is 14.9 Å². The largest absolute Gasteiger partial charge is 0.379 e. The van der Waals surface area contributed by atoms with Gasteiger partial charge in [0, 0.05) is 38.2 Å². The van der Waals surface area contributed by atoms with Gasteiger partial charge in [-0.15, -0.1) is 0 Å². The molecule has 7 nitrogen and oxygen atoms in total. The normalized spacial score (nSPS) is 19.2. The van der Waals surface area contributed by atoms with Crippen LogP contribution in [0, 0.1) is 16.0 Å². The van der Waals surface area contributed by atoms with Crippen LogP contribution in [-0.2, 0) is 4.79 Å². The molecule has 1 aromatic carbocycles. The maximum absolute atomic E-state index is 12.3. The zero-order chi connectivity index (χ0) is 16.8. The van der Waals surface area contributed by atoms with E-state index in [-0.39, 0.29) is 17.6 Å². The Labute approximate surface area is 136 Å². The summed E-state index contributed by atoms with van der Waals surface area (Å²) in [5.74, 6) is 0.428. The summed E-state index contributed by atoms with van der Waals surface area (Å²) < 4.78 is 0. The molecule has 1 aliphatic rings. The molecule has 0 aliphatic carbocycles. The van der Waals surface area contributed by atoms with Crippen molar-refractivity contribution in [1.82, 2.24) is 4.90 Å². The molecule has 0 radical (unpaired) electrons. The summed E-state index contributed by atoms with van der Waals surface area (Å²) in [4.78, 5) is 24.7. The van der Waals surface area contributed by atoms with E-state index < -0.39 is 4.92 Å². The standard InChI is InChI=1S/C16H24N4O3/c1-12(17)13-5-4-10-19(11-13)16(21)8-9-18-14-6-2-3-7-15(14)20(22)23/h2-3,6-7,12-13,18H,4-5,8-11,17H2,1H3. The molecule has 1 amide bonds. The lowest BCUT2D eigenvalue weighted by Crippen LogP contribution is -2.45. The van der Waals surface area contributed by atoms with Gasteiger partial charge in [0.1, 0.15) is 5.69 Å². The van der Waals surface area contributed by atoms with Gasteiger partial charge in [-0.1, -0.05) is 12.1 Å². The summed E-state index contributed by atoms with van der Waals surface area (Å²) in [6.07, 6.45) is 2.36. The number of nitrogens with one attached hydrogen (secondary N) is 1. The molecule has 3 N–H and O–H groups in total. The van der Waals surface area contributed by atoms with Crippen LogP contribution in [0.5, 0.6) is 0 Å². The number of nitro benzene ring substituents is 1. The van der Waals surface area contributed by atoms with E-state index >= 15 is 0 Å². The summed E-state index contributed by atoms with van der Waals surface area (Å²) in [5, 5.41) is 13.9.